The van der Waals surface area contributed by atoms with Crippen LogP contribution in [0.5, 0.6) is 0 Å². The number of carbonyl (C=O) groups is 2. The van der Waals surface area contributed by atoms with Crippen LogP contribution in [0.3, 0.4) is 0 Å². The van der Waals surface area contributed by atoms with Crippen LogP contribution < -0.4 is 9.62 Å². The minimum Gasteiger partial charge on any atom is -0.478 e. The van der Waals surface area contributed by atoms with E-state index in [1.54, 1.807) is 36.4 Å². The number of hydrogen-bond acceptors (Lipinski definition) is 4. The summed E-state index contributed by atoms with van der Waals surface area (Å²) in [4.78, 5) is 23.4. The molecule has 0 spiro atoms. The lowest BCUT2D eigenvalue weighted by atomic mass is 10.2. The number of nitrogens with zero attached hydrogens (tertiary/aromatic N) is 1. The van der Waals surface area contributed by atoms with Crippen molar-refractivity contribution in [3.05, 3.63) is 60.2 Å². The van der Waals surface area contributed by atoms with Crippen molar-refractivity contribution in [2.24, 2.45) is 0 Å². The Morgan fingerprint density at radius 3 is 2.21 bits per heavy atom. The molecule has 2 aromatic rings. The fourth-order valence-electron chi connectivity index (χ4n) is 2.09. The molecule has 0 saturated heterocycles. The highest BCUT2D eigenvalue weighted by molar-refractivity contribution is 7.92. The highest BCUT2D eigenvalue weighted by Crippen LogP contribution is 2.18. The van der Waals surface area contributed by atoms with Gasteiger partial charge in [-0.25, -0.2) is 13.2 Å². The number of anilines is 2. The van der Waals surface area contributed by atoms with Crippen LogP contribution in [-0.4, -0.2) is 38.2 Å². The van der Waals surface area contributed by atoms with Crippen molar-refractivity contribution in [1.82, 2.24) is 0 Å². The monoisotopic (exact) mass is 348 g/mol. The van der Waals surface area contributed by atoms with Crippen LogP contribution in [-0.2, 0) is 14.8 Å². The van der Waals surface area contributed by atoms with Gasteiger partial charge in [-0.05, 0) is 24.3 Å². The predicted molar refractivity (Wildman–Crippen MR) is 90.7 cm³/mol. The molecule has 0 heterocycles. The topological polar surface area (TPSA) is 104 Å². The molecule has 7 nitrogen and oxygen atoms in total. The summed E-state index contributed by atoms with van der Waals surface area (Å²) in [5, 5.41) is 11.5. The second-order valence-corrected chi connectivity index (χ2v) is 6.91. The largest absolute Gasteiger partial charge is 0.478 e. The average Bonchev–Trinajstić information content (AvgIpc) is 2.52. The summed E-state index contributed by atoms with van der Waals surface area (Å²) in [6.07, 6.45) is 0.998. The third-order valence-electron chi connectivity index (χ3n) is 3.16. The minimum absolute atomic E-state index is 0.0727. The van der Waals surface area contributed by atoms with Crippen molar-refractivity contribution < 1.29 is 23.1 Å². The molecule has 0 aliphatic rings. The molecule has 0 aliphatic heterocycles. The SMILES string of the molecule is CS(=O)(=O)N(CC(=O)Nc1ccccc1C(=O)O)c1ccccc1. The van der Waals surface area contributed by atoms with Crippen LogP contribution in [0.4, 0.5) is 11.4 Å². The number of carbonyl (C=O) groups excluding carboxylic acids is 1. The number of nitrogens with one attached hydrogen (secondary N) is 1. The Hall–Kier alpha value is -2.87. The Morgan fingerprint density at radius 1 is 1.04 bits per heavy atom. The maximum Gasteiger partial charge on any atom is 0.337 e. The lowest BCUT2D eigenvalue weighted by Gasteiger charge is -2.22. The molecule has 2 aromatic carbocycles. The van der Waals surface area contributed by atoms with Gasteiger partial charge >= 0.3 is 5.97 Å². The van der Waals surface area contributed by atoms with Crippen LogP contribution in [0.15, 0.2) is 54.6 Å². The molecule has 2 rings (SSSR count). The van der Waals surface area contributed by atoms with Gasteiger partial charge < -0.3 is 10.4 Å². The van der Waals surface area contributed by atoms with Gasteiger partial charge in [-0.3, -0.25) is 9.10 Å². The van der Waals surface area contributed by atoms with E-state index in [1.807, 2.05) is 0 Å². The molecule has 0 saturated carbocycles. The summed E-state index contributed by atoms with van der Waals surface area (Å²) < 4.78 is 24.8. The first-order chi connectivity index (χ1) is 11.3. The molecule has 0 bridgehead atoms. The zero-order valence-corrected chi connectivity index (χ0v) is 13.7. The van der Waals surface area contributed by atoms with Crippen molar-refractivity contribution in [3.63, 3.8) is 0 Å². The number of para-hydroxylation sites is 2. The van der Waals surface area contributed by atoms with E-state index in [0.717, 1.165) is 10.6 Å². The van der Waals surface area contributed by atoms with Gasteiger partial charge in [-0.1, -0.05) is 30.3 Å². The third-order valence-corrected chi connectivity index (χ3v) is 4.30. The van der Waals surface area contributed by atoms with Crippen LogP contribution in [0.1, 0.15) is 10.4 Å². The van der Waals surface area contributed by atoms with Crippen LogP contribution >= 0.6 is 0 Å². The Kier molecular flexibility index (Phi) is 5.20. The normalized spacial score (nSPS) is 10.9. The third kappa shape index (κ3) is 4.32. The molecule has 126 valence electrons. The molecule has 1 amide bonds. The van der Waals surface area contributed by atoms with Gasteiger partial charge in [0.2, 0.25) is 15.9 Å². The first-order valence-corrected chi connectivity index (χ1v) is 8.79. The number of hydrogen-bond donors (Lipinski definition) is 2. The van der Waals surface area contributed by atoms with Gasteiger partial charge in [0.1, 0.15) is 6.54 Å². The number of amides is 1. The van der Waals surface area contributed by atoms with E-state index in [2.05, 4.69) is 5.32 Å². The highest BCUT2D eigenvalue weighted by Gasteiger charge is 2.21. The van der Waals surface area contributed by atoms with Crippen LogP contribution in [0.25, 0.3) is 0 Å². The number of carboxylic acids is 1. The van der Waals surface area contributed by atoms with Crippen molar-refractivity contribution in [3.8, 4) is 0 Å². The van der Waals surface area contributed by atoms with Crippen molar-refractivity contribution in [2.75, 3.05) is 22.4 Å². The lowest BCUT2D eigenvalue weighted by molar-refractivity contribution is -0.114. The number of sulfonamides is 1. The lowest BCUT2D eigenvalue weighted by Crippen LogP contribution is -2.37. The Labute approximate surface area is 139 Å². The Bertz CT molecular complexity index is 850. The van der Waals surface area contributed by atoms with Gasteiger partial charge in [0, 0.05) is 0 Å². The first-order valence-electron chi connectivity index (χ1n) is 6.94. The van der Waals surface area contributed by atoms with E-state index in [9.17, 15) is 18.0 Å². The van der Waals surface area contributed by atoms with E-state index in [0.29, 0.717) is 5.69 Å². The number of aromatic carboxylic acids is 1. The smallest absolute Gasteiger partial charge is 0.337 e. The number of carboxylic acid groups (broad SMARTS) is 1. The van der Waals surface area contributed by atoms with E-state index < -0.39 is 28.4 Å². The molecule has 0 atom stereocenters. The van der Waals surface area contributed by atoms with Gasteiger partial charge in [0.15, 0.2) is 0 Å². The summed E-state index contributed by atoms with van der Waals surface area (Å²) in [5.74, 6) is -1.83. The molecular formula is C16H16N2O5S. The van der Waals surface area contributed by atoms with E-state index >= 15 is 0 Å². The van der Waals surface area contributed by atoms with Gasteiger partial charge in [-0.2, -0.15) is 0 Å². The van der Waals surface area contributed by atoms with Crippen LogP contribution in [0.2, 0.25) is 0 Å². The molecule has 2 N–H and O–H groups in total. The van der Waals surface area contributed by atoms with Crippen molar-refractivity contribution >= 4 is 33.3 Å². The zero-order valence-electron chi connectivity index (χ0n) is 12.8. The quantitative estimate of drug-likeness (QED) is 0.828. The Morgan fingerprint density at radius 2 is 1.62 bits per heavy atom. The van der Waals surface area contributed by atoms with E-state index in [1.165, 1.54) is 18.2 Å². The summed E-state index contributed by atoms with van der Waals surface area (Å²) in [6.45, 7) is -0.462. The zero-order chi connectivity index (χ0) is 17.7. The molecule has 0 radical (unpaired) electrons. The maximum atomic E-state index is 12.2. The standard InChI is InChI=1S/C16H16N2O5S/c1-24(22,23)18(12-7-3-2-4-8-12)11-15(19)17-14-10-6-5-9-13(14)16(20)21/h2-10H,11H2,1H3,(H,17,19)(H,20,21). The predicted octanol–water partition coefficient (Wildman–Crippen LogP) is 1.79. The fourth-order valence-corrected chi connectivity index (χ4v) is 2.95. The van der Waals surface area contributed by atoms with Gasteiger partial charge in [0.25, 0.3) is 0 Å². The second kappa shape index (κ2) is 7.14. The van der Waals surface area contributed by atoms with Gasteiger partial charge in [-0.15, -0.1) is 0 Å². The molecule has 0 aliphatic carbocycles. The molecule has 0 unspecified atom stereocenters. The average molecular weight is 348 g/mol. The second-order valence-electron chi connectivity index (χ2n) is 5.00. The summed E-state index contributed by atoms with van der Waals surface area (Å²) in [7, 11) is -3.68. The highest BCUT2D eigenvalue weighted by atomic mass is 32.2. The summed E-state index contributed by atoms with van der Waals surface area (Å²) in [6, 6.07) is 14.1. The fraction of sp³-hybridized carbons (Fsp3) is 0.125. The molecular weight excluding hydrogens is 332 g/mol. The molecule has 8 heteroatoms. The maximum absolute atomic E-state index is 12.2. The number of rotatable bonds is 6. The number of benzene rings is 2. The summed E-state index contributed by atoms with van der Waals surface area (Å²) in [5.41, 5.74) is 0.384. The van der Waals surface area contributed by atoms with E-state index in [-0.39, 0.29) is 11.3 Å². The Balaban J connectivity index is 2.23. The van der Waals surface area contributed by atoms with Crippen molar-refractivity contribution in [1.29, 1.82) is 0 Å². The van der Waals surface area contributed by atoms with E-state index in [4.69, 9.17) is 5.11 Å². The first kappa shape index (κ1) is 17.5. The summed E-state index contributed by atoms with van der Waals surface area (Å²) >= 11 is 0. The van der Waals surface area contributed by atoms with Crippen molar-refractivity contribution in [2.45, 2.75) is 0 Å². The minimum atomic E-state index is -3.68. The molecule has 0 fully saturated rings. The molecule has 24 heavy (non-hydrogen) atoms. The van der Waals surface area contributed by atoms with Crippen LogP contribution in [0, 0.1) is 0 Å². The molecule has 0 aromatic heterocycles. The van der Waals surface area contributed by atoms with Gasteiger partial charge in [0.05, 0.1) is 23.2 Å².